The molecule has 30 heteroatoms. The number of anilines is 9. The van der Waals surface area contributed by atoms with Crippen molar-refractivity contribution in [3.8, 4) is 34.3 Å². The summed E-state index contributed by atoms with van der Waals surface area (Å²) in [4.78, 5) is 119. The van der Waals surface area contributed by atoms with E-state index in [0.717, 1.165) is 79.8 Å². The van der Waals surface area contributed by atoms with Crippen LogP contribution in [-0.2, 0) is 70.9 Å². The van der Waals surface area contributed by atoms with Crippen molar-refractivity contribution >= 4 is 103 Å². The Morgan fingerprint density at radius 1 is 0.373 bits per heavy atom. The van der Waals surface area contributed by atoms with Crippen molar-refractivity contribution < 1.29 is 28.6 Å². The lowest BCUT2D eigenvalue weighted by Crippen LogP contribution is -2.39. The van der Waals surface area contributed by atoms with Gasteiger partial charge < -0.3 is 59.6 Å². The zero-order valence-electron chi connectivity index (χ0n) is 65.6. The largest absolute Gasteiger partial charge is 0.482 e. The molecule has 6 aromatic heterocycles. The molecule has 0 unspecified atom stereocenters. The number of carbonyl (C=O) groups excluding carboxylic acids is 3. The van der Waals surface area contributed by atoms with Crippen LogP contribution < -0.4 is 61.5 Å². The third-order valence-electron chi connectivity index (χ3n) is 24.6. The molecule has 9 aliphatic heterocycles. The second-order valence-corrected chi connectivity index (χ2v) is 32.6. The Labute approximate surface area is 676 Å². The minimum atomic E-state index is -0.171. The summed E-state index contributed by atoms with van der Waals surface area (Å²) >= 11 is 0. The van der Waals surface area contributed by atoms with E-state index in [0.29, 0.717) is 149 Å². The first-order valence-corrected chi connectivity index (χ1v) is 40.4. The number of amides is 3. The van der Waals surface area contributed by atoms with E-state index in [4.69, 9.17) is 29.2 Å². The first-order chi connectivity index (χ1) is 57.5. The van der Waals surface area contributed by atoms with Gasteiger partial charge in [-0.2, -0.15) is 15.0 Å². The van der Waals surface area contributed by atoms with Gasteiger partial charge in [-0.15, -0.1) is 0 Å². The summed E-state index contributed by atoms with van der Waals surface area (Å²) in [7, 11) is 6.51. The van der Waals surface area contributed by atoms with Crippen LogP contribution in [0.1, 0.15) is 78.3 Å². The number of likely N-dealkylation sites (N-methyl/N-ethyl adjacent to an activating group) is 3. The maximum Gasteiger partial charge on any atom is 0.278 e. The lowest BCUT2D eigenvalue weighted by Gasteiger charge is -2.32. The molecule has 3 amide bonds. The fourth-order valence-electron chi connectivity index (χ4n) is 18.6. The summed E-state index contributed by atoms with van der Waals surface area (Å²) in [5, 5.41) is 11.4. The topological polar surface area (TPSA) is 293 Å². The lowest BCUT2D eigenvalue weighted by atomic mass is 9.87. The Kier molecular flexibility index (Phi) is 17.5. The van der Waals surface area contributed by atoms with Crippen LogP contribution >= 0.6 is 0 Å². The second kappa shape index (κ2) is 28.5. The molecular formula is C88H85N21O9. The van der Waals surface area contributed by atoms with Gasteiger partial charge in [0.05, 0.1) is 53.8 Å². The van der Waals surface area contributed by atoms with E-state index in [2.05, 4.69) is 115 Å². The Morgan fingerprint density at radius 3 is 1.19 bits per heavy atom. The van der Waals surface area contributed by atoms with Gasteiger partial charge in [0.2, 0.25) is 17.8 Å². The van der Waals surface area contributed by atoms with Crippen molar-refractivity contribution in [2.45, 2.75) is 101 Å². The van der Waals surface area contributed by atoms with E-state index in [1.54, 1.807) is 52.0 Å². The number of fused-ring (bicyclic) bond motifs is 20. The van der Waals surface area contributed by atoms with Gasteiger partial charge in [0, 0.05) is 105 Å². The maximum absolute atomic E-state index is 13.5. The molecule has 11 aliphatic rings. The highest BCUT2D eigenvalue weighted by atomic mass is 16.5. The number of ether oxygens (including phenoxy) is 3. The van der Waals surface area contributed by atoms with Gasteiger partial charge in [-0.25, -0.2) is 43.0 Å². The van der Waals surface area contributed by atoms with Crippen LogP contribution in [0.15, 0.2) is 179 Å². The fraction of sp³-hybridized carbons (Fsp3) is 0.318. The molecule has 2 spiro atoms. The Morgan fingerprint density at radius 2 is 0.754 bits per heavy atom. The molecule has 3 N–H and O–H groups in total. The third-order valence-corrected chi connectivity index (χ3v) is 24.6. The lowest BCUT2D eigenvalue weighted by molar-refractivity contribution is -0.122. The molecule has 30 nitrogen and oxygen atoms in total. The monoisotopic (exact) mass is 1580 g/mol. The Balaban J connectivity index is 0.000000110. The number of hydrogen-bond acceptors (Lipinski definition) is 21. The molecule has 0 atom stereocenters. The van der Waals surface area contributed by atoms with Crippen molar-refractivity contribution in [2.75, 3.05) is 111 Å². The Bertz CT molecular complexity index is 6510. The number of hydrogen-bond donors (Lipinski definition) is 3. The highest BCUT2D eigenvalue weighted by Crippen LogP contribution is 2.54. The molecule has 0 radical (unpaired) electrons. The zero-order valence-corrected chi connectivity index (χ0v) is 65.6. The predicted octanol–water partition coefficient (Wildman–Crippen LogP) is 9.98. The van der Waals surface area contributed by atoms with Gasteiger partial charge in [0.25, 0.3) is 34.4 Å². The minimum Gasteiger partial charge on any atom is -0.482 e. The SMILES string of the molecule is CN1CCc2cc(Nc3ncc4c(=O)n5n(c4n3)-c3ccc4c(c3)N(CCC=CC5)C(=O)CO4)ccc2C1.CN1Cc2cc(Nc3ncc4c(=O)n5n(c4n3)-c3ccc4c(c3)N(CCC=CC5)C(=O)CO4)ccc2C2(CC2)C1.CN1Cc2ccc(Nc3ncc4c(=O)n5n(c4n3)-c3ccc4c(c3)N(CCC=CC5)C(=O)CO4)cc2C2(CC2)C1. The number of carbonyl (C=O) groups is 3. The third kappa shape index (κ3) is 12.8. The summed E-state index contributed by atoms with van der Waals surface area (Å²) in [5.74, 6) is 2.97. The van der Waals surface area contributed by atoms with E-state index in [1.807, 2.05) is 106 Å². The second-order valence-electron chi connectivity index (χ2n) is 32.6. The van der Waals surface area contributed by atoms with E-state index < -0.39 is 0 Å². The van der Waals surface area contributed by atoms with Crippen molar-refractivity contribution in [3.63, 3.8) is 0 Å². The molecule has 6 bridgehead atoms. The molecule has 596 valence electrons. The van der Waals surface area contributed by atoms with E-state index >= 15 is 0 Å². The minimum absolute atomic E-state index is 0.0227. The van der Waals surface area contributed by atoms with Crippen molar-refractivity contribution in [1.82, 2.24) is 72.7 Å². The molecule has 12 aromatic rings. The average molecular weight is 1580 g/mol. The standard InChI is InChI=1S/2C30H29N7O3.C28H27N7O3/c1-34-16-19-13-20(5-7-23(19)30(18-34)9-10-30)32-29-31-15-22-27(33-29)37-21-6-8-25-24(14-21)35(26(38)17-40-25)11-3-2-4-12-36(37)28(22)39;1-34-16-19-5-6-20(13-23(19)30(18-34)9-10-30)32-29-31-15-22-27(33-29)37-21-7-8-25-24(14-21)35(26(38)17-40-25)11-3-2-4-12-36(37)28(22)39;1-32-12-9-18-13-20(6-5-19(18)16-32)30-28-29-15-22-26(31-28)35-21-7-8-24-23(14-21)33(25(36)17-38-24)10-3-2-4-11-34(35)27(22)37/h2*2,4-8,13-15H,3,9-12,16-18H2,1H3,(H,31,32,33);2,4-8,13-15H,3,9-12,16-17H2,1H3,(H,29,30,31). The number of nitrogens with one attached hydrogen (secondary N) is 3. The predicted molar refractivity (Wildman–Crippen MR) is 448 cm³/mol. The van der Waals surface area contributed by atoms with Crippen LogP contribution in [0, 0.1) is 0 Å². The van der Waals surface area contributed by atoms with Crippen molar-refractivity contribution in [1.29, 1.82) is 0 Å². The molecule has 118 heavy (non-hydrogen) atoms. The van der Waals surface area contributed by atoms with Crippen molar-refractivity contribution in [2.24, 2.45) is 0 Å². The number of aromatic nitrogens is 12. The van der Waals surface area contributed by atoms with Gasteiger partial charge in [0.1, 0.15) is 33.4 Å². The highest BCUT2D eigenvalue weighted by Gasteiger charge is 2.50. The van der Waals surface area contributed by atoms with Gasteiger partial charge in [-0.1, -0.05) is 54.7 Å². The molecule has 0 saturated heterocycles. The summed E-state index contributed by atoms with van der Waals surface area (Å²) in [6, 6.07) is 36.4. The molecular weight excluding hydrogens is 1500 g/mol. The fourth-order valence-corrected chi connectivity index (χ4v) is 18.6. The zero-order chi connectivity index (χ0) is 79.8. The number of benzene rings is 6. The number of allylic oxidation sites excluding steroid dienone is 3. The summed E-state index contributed by atoms with van der Waals surface area (Å²) in [5.41, 5.74) is 16.9. The molecule has 2 fully saturated rings. The quantitative estimate of drug-likeness (QED) is 0.130. The van der Waals surface area contributed by atoms with Crippen LogP contribution in [-0.4, -0.2) is 171 Å². The first kappa shape index (κ1) is 72.4. The van der Waals surface area contributed by atoms with Gasteiger partial charge in [-0.05, 0) is 197 Å². The van der Waals surface area contributed by atoms with Crippen LogP contribution in [0.5, 0.6) is 17.2 Å². The first-order valence-electron chi connectivity index (χ1n) is 40.4. The highest BCUT2D eigenvalue weighted by molar-refractivity contribution is 6.00. The van der Waals surface area contributed by atoms with E-state index in [-0.39, 0.29) is 59.6 Å². The molecule has 15 heterocycles. The van der Waals surface area contributed by atoms with Crippen LogP contribution in [0.4, 0.5) is 52.0 Å². The smallest absolute Gasteiger partial charge is 0.278 e. The number of nitrogens with zero attached hydrogens (tertiary/aromatic N) is 18. The van der Waals surface area contributed by atoms with Crippen LogP contribution in [0.25, 0.3) is 50.2 Å². The Hall–Kier alpha value is -13.3. The van der Waals surface area contributed by atoms with E-state index in [1.165, 1.54) is 59.1 Å². The molecule has 23 rings (SSSR count). The van der Waals surface area contributed by atoms with Crippen LogP contribution in [0.2, 0.25) is 0 Å². The summed E-state index contributed by atoms with van der Waals surface area (Å²) in [6.45, 7) is 8.91. The van der Waals surface area contributed by atoms with Crippen molar-refractivity contribution in [3.05, 3.63) is 229 Å². The summed E-state index contributed by atoms with van der Waals surface area (Å²) < 4.78 is 27.5. The van der Waals surface area contributed by atoms with E-state index in [9.17, 15) is 28.8 Å². The molecule has 2 saturated carbocycles. The normalized spacial score (nSPS) is 18.4. The molecule has 2 aliphatic carbocycles. The summed E-state index contributed by atoms with van der Waals surface area (Å²) in [6.07, 6.45) is 24.6. The average Bonchev–Trinajstić information content (AvgIpc) is 1.59. The van der Waals surface area contributed by atoms with Gasteiger partial charge in [0.15, 0.2) is 36.8 Å². The van der Waals surface area contributed by atoms with Gasteiger partial charge in [-0.3, -0.25) is 28.8 Å². The van der Waals surface area contributed by atoms with Gasteiger partial charge >= 0.3 is 0 Å². The van der Waals surface area contributed by atoms with Crippen LogP contribution in [0.3, 0.4) is 0 Å². The molecule has 6 aromatic carbocycles. The number of rotatable bonds is 6. The maximum atomic E-state index is 13.5.